The Balaban J connectivity index is 2.66. The van der Waals surface area contributed by atoms with Crippen LogP contribution in [0.2, 0.25) is 0 Å². The van der Waals surface area contributed by atoms with E-state index < -0.39 is 22.8 Å². The highest BCUT2D eigenvalue weighted by Crippen LogP contribution is 2.22. The molecule has 0 saturated heterocycles. The fourth-order valence-electron chi connectivity index (χ4n) is 2.08. The van der Waals surface area contributed by atoms with E-state index >= 15 is 0 Å². The van der Waals surface area contributed by atoms with Crippen LogP contribution in [0.15, 0.2) is 18.2 Å². The first-order chi connectivity index (χ1) is 11.3. The molecule has 8 nitrogen and oxygen atoms in total. The van der Waals surface area contributed by atoms with E-state index in [4.69, 9.17) is 9.47 Å². The average Bonchev–Trinajstić information content (AvgIpc) is 2.56. The number of amides is 1. The van der Waals surface area contributed by atoms with Crippen LogP contribution in [0.5, 0.6) is 5.75 Å². The van der Waals surface area contributed by atoms with E-state index in [0.717, 1.165) is 0 Å². The van der Waals surface area contributed by atoms with E-state index in [1.54, 1.807) is 6.92 Å². The van der Waals surface area contributed by atoms with E-state index in [0.29, 0.717) is 17.7 Å². The van der Waals surface area contributed by atoms with Crippen molar-refractivity contribution in [1.29, 1.82) is 0 Å². The molecule has 0 saturated carbocycles. The van der Waals surface area contributed by atoms with Crippen LogP contribution in [0.3, 0.4) is 0 Å². The molecule has 8 heteroatoms. The number of hydrogen-bond acceptors (Lipinski definition) is 6. The van der Waals surface area contributed by atoms with Crippen molar-refractivity contribution < 1.29 is 24.0 Å². The monoisotopic (exact) mass is 338 g/mol. The van der Waals surface area contributed by atoms with Crippen molar-refractivity contribution >= 4 is 17.6 Å². The molecule has 1 aromatic carbocycles. The van der Waals surface area contributed by atoms with Gasteiger partial charge in [-0.05, 0) is 25.0 Å². The van der Waals surface area contributed by atoms with Crippen LogP contribution in [0.4, 0.5) is 5.69 Å². The second kappa shape index (κ2) is 8.85. The molecule has 1 amide bonds. The lowest BCUT2D eigenvalue weighted by atomic mass is 9.99. The van der Waals surface area contributed by atoms with E-state index in [9.17, 15) is 19.7 Å². The van der Waals surface area contributed by atoms with Crippen LogP contribution in [-0.4, -0.2) is 36.6 Å². The number of ether oxygens (including phenoxy) is 2. The van der Waals surface area contributed by atoms with E-state index in [2.05, 4.69) is 5.32 Å². The molecule has 1 rings (SSSR count). The van der Waals surface area contributed by atoms with Crippen LogP contribution in [0.1, 0.15) is 25.8 Å². The Morgan fingerprint density at radius 3 is 2.54 bits per heavy atom. The summed E-state index contributed by atoms with van der Waals surface area (Å²) in [5.41, 5.74) is 0.416. The van der Waals surface area contributed by atoms with Crippen LogP contribution >= 0.6 is 0 Å². The summed E-state index contributed by atoms with van der Waals surface area (Å²) in [6.07, 6.45) is 0.697. The Hall–Kier alpha value is -2.64. The van der Waals surface area contributed by atoms with Crippen molar-refractivity contribution in [2.24, 2.45) is 5.92 Å². The third-order valence-electron chi connectivity index (χ3n) is 3.72. The lowest BCUT2D eigenvalue weighted by Gasteiger charge is -2.21. The number of nitrogens with zero attached hydrogens (tertiary/aromatic N) is 1. The van der Waals surface area contributed by atoms with Gasteiger partial charge < -0.3 is 14.8 Å². The molecule has 0 heterocycles. The first-order valence-electron chi connectivity index (χ1n) is 7.55. The predicted molar refractivity (Wildman–Crippen MR) is 86.7 cm³/mol. The molecule has 132 valence electrons. The van der Waals surface area contributed by atoms with Crippen LogP contribution in [-0.2, 0) is 14.3 Å². The van der Waals surface area contributed by atoms with Crippen molar-refractivity contribution in [2.45, 2.75) is 33.2 Å². The molecular weight excluding hydrogens is 316 g/mol. The van der Waals surface area contributed by atoms with Crippen molar-refractivity contribution in [1.82, 2.24) is 5.32 Å². The van der Waals surface area contributed by atoms with Crippen molar-refractivity contribution in [3.63, 3.8) is 0 Å². The summed E-state index contributed by atoms with van der Waals surface area (Å²) in [7, 11) is 1.26. The zero-order chi connectivity index (χ0) is 18.3. The first-order valence-corrected chi connectivity index (χ1v) is 7.55. The summed E-state index contributed by atoms with van der Waals surface area (Å²) in [5, 5.41) is 13.3. The normalized spacial score (nSPS) is 12.8. The summed E-state index contributed by atoms with van der Waals surface area (Å²) in [6.45, 7) is 5.02. The smallest absolute Gasteiger partial charge is 0.328 e. The third-order valence-corrected chi connectivity index (χ3v) is 3.72. The predicted octanol–water partition coefficient (Wildman–Crippen LogP) is 1.99. The van der Waals surface area contributed by atoms with Gasteiger partial charge in [0.05, 0.1) is 12.0 Å². The molecule has 2 atom stereocenters. The van der Waals surface area contributed by atoms with Crippen LogP contribution in [0, 0.1) is 23.0 Å². The summed E-state index contributed by atoms with van der Waals surface area (Å²) < 4.78 is 10.0. The number of carbonyl (C=O) groups is 2. The van der Waals surface area contributed by atoms with Gasteiger partial charge in [0, 0.05) is 11.6 Å². The largest absolute Gasteiger partial charge is 0.484 e. The molecule has 0 aliphatic carbocycles. The van der Waals surface area contributed by atoms with E-state index in [1.165, 1.54) is 25.3 Å². The summed E-state index contributed by atoms with van der Waals surface area (Å²) >= 11 is 0. The highest BCUT2D eigenvalue weighted by atomic mass is 16.6. The quantitative estimate of drug-likeness (QED) is 0.441. The molecule has 0 aliphatic heterocycles. The van der Waals surface area contributed by atoms with Gasteiger partial charge in [0.15, 0.2) is 6.61 Å². The Kier molecular flexibility index (Phi) is 7.16. The minimum Gasteiger partial charge on any atom is -0.484 e. The van der Waals surface area contributed by atoms with Gasteiger partial charge in [0.2, 0.25) is 0 Å². The molecule has 1 N–H and O–H groups in total. The highest BCUT2D eigenvalue weighted by Gasteiger charge is 2.26. The second-order valence-electron chi connectivity index (χ2n) is 5.45. The molecule has 0 spiro atoms. The highest BCUT2D eigenvalue weighted by molar-refractivity contribution is 5.85. The number of nitro groups is 1. The van der Waals surface area contributed by atoms with Crippen LogP contribution in [0.25, 0.3) is 0 Å². The lowest BCUT2D eigenvalue weighted by Crippen LogP contribution is -2.47. The van der Waals surface area contributed by atoms with E-state index in [-0.39, 0.29) is 18.2 Å². The van der Waals surface area contributed by atoms with Gasteiger partial charge in [-0.1, -0.05) is 20.3 Å². The molecule has 0 fully saturated rings. The number of carbonyl (C=O) groups excluding carboxylic acids is 2. The number of benzene rings is 1. The lowest BCUT2D eigenvalue weighted by molar-refractivity contribution is -0.385. The van der Waals surface area contributed by atoms with Crippen LogP contribution < -0.4 is 10.1 Å². The molecule has 0 bridgehead atoms. The van der Waals surface area contributed by atoms with Gasteiger partial charge in [0.25, 0.3) is 11.6 Å². The topological polar surface area (TPSA) is 108 Å². The third kappa shape index (κ3) is 5.22. The molecule has 0 unspecified atom stereocenters. The van der Waals surface area contributed by atoms with Gasteiger partial charge in [0.1, 0.15) is 11.8 Å². The fourth-order valence-corrected chi connectivity index (χ4v) is 2.08. The summed E-state index contributed by atoms with van der Waals surface area (Å²) in [6, 6.07) is 3.48. The molecule has 0 radical (unpaired) electrons. The SMILES string of the molecule is CC[C@H](C)[C@@H](NC(=O)COc1ccc([N+](=O)[O-])c(C)c1)C(=O)OC. The number of rotatable bonds is 8. The van der Waals surface area contributed by atoms with Gasteiger partial charge in [-0.15, -0.1) is 0 Å². The number of esters is 1. The number of nitro benzene ring substituents is 1. The second-order valence-corrected chi connectivity index (χ2v) is 5.45. The maximum atomic E-state index is 12.0. The Labute approximate surface area is 140 Å². The van der Waals surface area contributed by atoms with E-state index in [1.807, 2.05) is 13.8 Å². The Morgan fingerprint density at radius 2 is 2.04 bits per heavy atom. The Bertz CT molecular complexity index is 617. The minimum absolute atomic E-state index is 0.0191. The molecule has 1 aromatic rings. The maximum Gasteiger partial charge on any atom is 0.328 e. The first kappa shape index (κ1) is 19.4. The molecule has 0 aliphatic rings. The van der Waals surface area contributed by atoms with Gasteiger partial charge in [-0.2, -0.15) is 0 Å². The average molecular weight is 338 g/mol. The van der Waals surface area contributed by atoms with Crippen molar-refractivity contribution in [2.75, 3.05) is 13.7 Å². The fraction of sp³-hybridized carbons (Fsp3) is 0.500. The zero-order valence-corrected chi connectivity index (χ0v) is 14.2. The number of aryl methyl sites for hydroxylation is 1. The molecular formula is C16H22N2O6. The minimum atomic E-state index is -0.741. The number of hydrogen-bond donors (Lipinski definition) is 1. The van der Waals surface area contributed by atoms with Gasteiger partial charge in [-0.3, -0.25) is 14.9 Å². The number of methoxy groups -OCH3 is 1. The standard InChI is InChI=1S/C16H22N2O6/c1-5-10(2)15(16(20)23-4)17-14(19)9-24-12-6-7-13(18(21)22)11(3)8-12/h6-8,10,15H,5,9H2,1-4H3,(H,17,19)/t10-,15+/m0/s1. The van der Waals surface area contributed by atoms with Gasteiger partial charge in [-0.25, -0.2) is 4.79 Å². The summed E-state index contributed by atoms with van der Waals surface area (Å²) in [4.78, 5) is 34.0. The zero-order valence-electron chi connectivity index (χ0n) is 14.2. The Morgan fingerprint density at radius 1 is 1.38 bits per heavy atom. The van der Waals surface area contributed by atoms with Crippen molar-refractivity contribution in [3.8, 4) is 5.75 Å². The van der Waals surface area contributed by atoms with Crippen molar-refractivity contribution in [3.05, 3.63) is 33.9 Å². The number of nitrogens with one attached hydrogen (secondary N) is 1. The van der Waals surface area contributed by atoms with Gasteiger partial charge >= 0.3 is 5.97 Å². The maximum absolute atomic E-state index is 12.0. The molecule has 24 heavy (non-hydrogen) atoms. The summed E-state index contributed by atoms with van der Waals surface area (Å²) in [5.74, 6) is -0.722. The molecule has 0 aromatic heterocycles.